The Morgan fingerprint density at radius 3 is 1.76 bits per heavy atom. The van der Waals surface area contributed by atoms with Crippen LogP contribution in [0.5, 0.6) is 0 Å². The van der Waals surface area contributed by atoms with Crippen LogP contribution in [0.2, 0.25) is 0 Å². The fourth-order valence-electron chi connectivity index (χ4n) is 0.674. The van der Waals surface area contributed by atoms with Crippen LogP contribution in [0.15, 0.2) is 20.7 Å². The van der Waals surface area contributed by atoms with E-state index in [-0.39, 0.29) is 0 Å². The minimum absolute atomic E-state index is 0.672. The predicted octanol–water partition coefficient (Wildman–Crippen LogP) is 4.19. The van der Waals surface area contributed by atoms with Gasteiger partial charge in [-0.3, -0.25) is 0 Å². The van der Waals surface area contributed by atoms with Crippen LogP contribution in [0.25, 0.3) is 0 Å². The largest absolute Gasteiger partial charge is 0.302 e. The first-order valence-electron chi connectivity index (χ1n) is 5.99. The molecule has 0 spiro atoms. The molecule has 0 amide bonds. The van der Waals surface area contributed by atoms with Gasteiger partial charge < -0.3 is 4.90 Å². The molecule has 0 unspecified atom stereocenters. The molecule has 17 heavy (non-hydrogen) atoms. The lowest BCUT2D eigenvalue weighted by Gasteiger charge is -2.08. The Bertz CT molecular complexity index is 239. The molecule has 0 aliphatic rings. The van der Waals surface area contributed by atoms with E-state index in [9.17, 15) is 0 Å². The van der Waals surface area contributed by atoms with Crippen LogP contribution in [0.3, 0.4) is 0 Å². The van der Waals surface area contributed by atoms with Crippen molar-refractivity contribution in [2.75, 3.05) is 20.6 Å². The lowest BCUT2D eigenvalue weighted by Crippen LogP contribution is -2.20. The molecule has 3 nitrogen and oxygen atoms in total. The summed E-state index contributed by atoms with van der Waals surface area (Å²) in [6.45, 7) is 15.8. The fraction of sp³-hybridized carbons (Fsp3) is 0.692. The summed E-state index contributed by atoms with van der Waals surface area (Å²) >= 11 is 5.76. The number of likely N-dealkylation sites (N-methyl/N-ethyl adjacent to an activating group) is 1. The molecule has 4 heteroatoms. The molecule has 0 N–H and O–H groups in total. The highest BCUT2D eigenvalue weighted by Gasteiger charge is 1.99. The Morgan fingerprint density at radius 2 is 1.53 bits per heavy atom. The second kappa shape index (κ2) is 15.3. The molecular formula is C13H28ClN3. The van der Waals surface area contributed by atoms with Crippen LogP contribution in [0.1, 0.15) is 41.5 Å². The van der Waals surface area contributed by atoms with E-state index in [2.05, 4.69) is 16.7 Å². The molecule has 0 aromatic rings. The molecule has 0 aromatic heterocycles. The highest BCUT2D eigenvalue weighted by atomic mass is 35.5. The first-order valence-corrected chi connectivity index (χ1v) is 6.37. The van der Waals surface area contributed by atoms with Gasteiger partial charge in [-0.25, -0.2) is 9.98 Å². The molecular weight excluding hydrogens is 234 g/mol. The van der Waals surface area contributed by atoms with Gasteiger partial charge in [0.2, 0.25) is 0 Å². The molecule has 102 valence electrons. The van der Waals surface area contributed by atoms with Gasteiger partial charge in [-0.05, 0) is 34.7 Å². The Morgan fingerprint density at radius 1 is 1.12 bits per heavy atom. The summed E-state index contributed by atoms with van der Waals surface area (Å²) in [7, 11) is 3.90. The zero-order valence-electron chi connectivity index (χ0n) is 12.6. The van der Waals surface area contributed by atoms with Crippen molar-refractivity contribution in [2.45, 2.75) is 41.5 Å². The van der Waals surface area contributed by atoms with E-state index in [0.717, 1.165) is 5.70 Å². The quantitative estimate of drug-likeness (QED) is 0.553. The molecule has 0 atom stereocenters. The maximum Gasteiger partial charge on any atom is 0.141 e. The van der Waals surface area contributed by atoms with Crippen molar-refractivity contribution in [2.24, 2.45) is 9.98 Å². The van der Waals surface area contributed by atoms with Crippen molar-refractivity contribution >= 4 is 24.2 Å². The standard InChI is InChI=1S/C9H16ClN3.2C2H6/c1-7(10)8(2)12-9(11-3)6-13(4)5;2*1-2/h3,6H2,1-2,4-5H3;2*1-2H3/b8-7+,12-9?;;. The fourth-order valence-corrected chi connectivity index (χ4v) is 0.716. The summed E-state index contributed by atoms with van der Waals surface area (Å²) in [5.41, 5.74) is 0.783. The van der Waals surface area contributed by atoms with E-state index in [0.29, 0.717) is 17.4 Å². The van der Waals surface area contributed by atoms with E-state index >= 15 is 0 Å². The summed E-state index contributed by atoms with van der Waals surface area (Å²) in [4.78, 5) is 10.0. The van der Waals surface area contributed by atoms with Crippen molar-refractivity contribution in [3.63, 3.8) is 0 Å². The molecule has 0 rings (SSSR count). The van der Waals surface area contributed by atoms with Crippen molar-refractivity contribution < 1.29 is 0 Å². The van der Waals surface area contributed by atoms with Gasteiger partial charge in [0, 0.05) is 5.03 Å². The normalized spacial score (nSPS) is 11.8. The van der Waals surface area contributed by atoms with Crippen LogP contribution < -0.4 is 0 Å². The summed E-state index contributed by atoms with van der Waals surface area (Å²) in [5.74, 6) is 0.683. The van der Waals surface area contributed by atoms with Gasteiger partial charge >= 0.3 is 0 Å². The highest BCUT2D eigenvalue weighted by molar-refractivity contribution is 6.29. The van der Waals surface area contributed by atoms with Crippen LogP contribution in [0, 0.1) is 0 Å². The molecule has 0 saturated carbocycles. The summed E-state index contributed by atoms with van der Waals surface area (Å²) in [5, 5.41) is 0.680. The summed E-state index contributed by atoms with van der Waals surface area (Å²) in [6.07, 6.45) is 0. The van der Waals surface area contributed by atoms with E-state index in [1.54, 1.807) is 6.92 Å². The minimum atomic E-state index is 0.672. The zero-order chi connectivity index (χ0) is 14.4. The first kappa shape index (κ1) is 21.6. The van der Waals surface area contributed by atoms with Crippen LogP contribution in [-0.4, -0.2) is 38.1 Å². The monoisotopic (exact) mass is 261 g/mol. The van der Waals surface area contributed by atoms with Crippen molar-refractivity contribution in [1.29, 1.82) is 0 Å². The van der Waals surface area contributed by atoms with Gasteiger partial charge in [-0.15, -0.1) is 0 Å². The number of halogens is 1. The van der Waals surface area contributed by atoms with Crippen molar-refractivity contribution in [1.82, 2.24) is 4.90 Å². The molecule has 0 bridgehead atoms. The molecule has 0 saturated heterocycles. The maximum absolute atomic E-state index is 5.76. The average molecular weight is 262 g/mol. The van der Waals surface area contributed by atoms with Crippen LogP contribution in [0.4, 0.5) is 0 Å². The topological polar surface area (TPSA) is 28.0 Å². The van der Waals surface area contributed by atoms with E-state index in [4.69, 9.17) is 11.6 Å². The molecule has 0 aliphatic carbocycles. The van der Waals surface area contributed by atoms with Crippen molar-refractivity contribution in [3.8, 4) is 0 Å². The number of amidine groups is 1. The third-order valence-corrected chi connectivity index (χ3v) is 1.71. The molecule has 0 radical (unpaired) electrons. The number of rotatable bonds is 3. The maximum atomic E-state index is 5.76. The highest BCUT2D eigenvalue weighted by Crippen LogP contribution is 2.09. The molecule has 0 heterocycles. The number of hydrogen-bond acceptors (Lipinski definition) is 2. The van der Waals surface area contributed by atoms with E-state index < -0.39 is 0 Å². The van der Waals surface area contributed by atoms with E-state index in [1.807, 2.05) is 53.6 Å². The third-order valence-electron chi connectivity index (χ3n) is 1.44. The third kappa shape index (κ3) is 15.3. The number of nitrogens with zero attached hydrogens (tertiary/aromatic N) is 3. The van der Waals surface area contributed by atoms with Gasteiger partial charge in [0.1, 0.15) is 5.84 Å². The Labute approximate surface area is 112 Å². The lowest BCUT2D eigenvalue weighted by atomic mass is 10.4. The Balaban J connectivity index is -0.000000439. The summed E-state index contributed by atoms with van der Waals surface area (Å²) < 4.78 is 0. The molecule has 0 aliphatic heterocycles. The smallest absolute Gasteiger partial charge is 0.141 e. The minimum Gasteiger partial charge on any atom is -0.302 e. The van der Waals surface area contributed by atoms with Gasteiger partial charge in [-0.1, -0.05) is 39.3 Å². The predicted molar refractivity (Wildman–Crippen MR) is 82.5 cm³/mol. The van der Waals surface area contributed by atoms with Gasteiger partial charge in [-0.2, -0.15) is 0 Å². The molecule has 0 aromatic carbocycles. The van der Waals surface area contributed by atoms with Gasteiger partial charge in [0.15, 0.2) is 0 Å². The Kier molecular flexibility index (Phi) is 19.5. The zero-order valence-corrected chi connectivity index (χ0v) is 13.4. The van der Waals surface area contributed by atoms with E-state index in [1.165, 1.54) is 0 Å². The SMILES string of the molecule is C=NC(CN(C)C)=N/C(C)=C(\C)Cl.CC.CC. The van der Waals surface area contributed by atoms with Gasteiger partial charge in [0.25, 0.3) is 0 Å². The second-order valence-corrected chi connectivity index (χ2v) is 3.61. The number of allylic oxidation sites excluding steroid dienone is 2. The lowest BCUT2D eigenvalue weighted by molar-refractivity contribution is 0.468. The first-order chi connectivity index (χ1) is 7.97. The number of aliphatic imine (C=N–C) groups is 2. The second-order valence-electron chi connectivity index (χ2n) is 3.04. The van der Waals surface area contributed by atoms with Crippen LogP contribution in [-0.2, 0) is 0 Å². The Hall–Kier alpha value is -0.670. The van der Waals surface area contributed by atoms with Crippen molar-refractivity contribution in [3.05, 3.63) is 10.7 Å². The molecule has 0 fully saturated rings. The number of hydrogen-bond donors (Lipinski definition) is 0. The summed E-state index contributed by atoms with van der Waals surface area (Å²) in [6, 6.07) is 0. The van der Waals surface area contributed by atoms with Crippen LogP contribution >= 0.6 is 11.6 Å². The average Bonchev–Trinajstić information content (AvgIpc) is 2.32. The van der Waals surface area contributed by atoms with Gasteiger partial charge in [0.05, 0.1) is 12.2 Å².